The van der Waals surface area contributed by atoms with E-state index in [1.807, 2.05) is 0 Å². The first-order valence-corrected chi connectivity index (χ1v) is 6.57. The zero-order valence-corrected chi connectivity index (χ0v) is 11.3. The van der Waals surface area contributed by atoms with Gasteiger partial charge in [-0.15, -0.1) is 0 Å². The van der Waals surface area contributed by atoms with E-state index in [1.54, 1.807) is 0 Å². The molecule has 0 spiro atoms. The molecule has 0 atom stereocenters. The topological polar surface area (TPSA) is 89.6 Å². The first-order chi connectivity index (χ1) is 9.61. The zero-order valence-electron chi connectivity index (χ0n) is 10.5. The Balaban J connectivity index is 2.09. The lowest BCUT2D eigenvalue weighted by molar-refractivity contribution is 0.0597. The number of esters is 1. The molecule has 0 unspecified atom stereocenters. The highest BCUT2D eigenvalue weighted by atomic mass is 32.2. The molecular formula is C13H11NO5S. The Hall–Kier alpha value is -2.28. The van der Waals surface area contributed by atoms with Crippen molar-refractivity contribution in [2.75, 3.05) is 7.11 Å². The van der Waals surface area contributed by atoms with Crippen molar-refractivity contribution in [1.29, 1.82) is 0 Å². The molecule has 0 saturated heterocycles. The molecule has 104 valence electrons. The average molecular weight is 293 g/mol. The van der Waals surface area contributed by atoms with Crippen molar-refractivity contribution in [2.24, 2.45) is 0 Å². The van der Waals surface area contributed by atoms with E-state index in [-0.39, 0.29) is 5.56 Å². The molecule has 2 rings (SSSR count). The monoisotopic (exact) mass is 293 g/mol. The summed E-state index contributed by atoms with van der Waals surface area (Å²) in [4.78, 5) is 26.4. The number of methoxy groups -OCH3 is 1. The molecular weight excluding hydrogens is 282 g/mol. The number of hydrogen-bond acceptors (Lipinski definition) is 6. The molecule has 0 saturated carbocycles. The SMILES string of the molecule is COC(=O)c1ccoc1CSc1cc(C(=O)O)ccn1. The fourth-order valence-corrected chi connectivity index (χ4v) is 2.35. The van der Waals surface area contributed by atoms with Crippen LogP contribution in [0.15, 0.2) is 40.1 Å². The van der Waals surface area contributed by atoms with Crippen molar-refractivity contribution in [2.45, 2.75) is 10.8 Å². The summed E-state index contributed by atoms with van der Waals surface area (Å²) in [7, 11) is 1.30. The van der Waals surface area contributed by atoms with Gasteiger partial charge in [-0.2, -0.15) is 0 Å². The van der Waals surface area contributed by atoms with Crippen molar-refractivity contribution < 1.29 is 23.8 Å². The van der Waals surface area contributed by atoms with E-state index < -0.39 is 11.9 Å². The predicted molar refractivity (Wildman–Crippen MR) is 70.8 cm³/mol. The van der Waals surface area contributed by atoms with E-state index in [4.69, 9.17) is 9.52 Å². The van der Waals surface area contributed by atoms with Gasteiger partial charge in [-0.05, 0) is 18.2 Å². The fraction of sp³-hybridized carbons (Fsp3) is 0.154. The summed E-state index contributed by atoms with van der Waals surface area (Å²) in [5.41, 5.74) is 0.518. The highest BCUT2D eigenvalue weighted by molar-refractivity contribution is 7.98. The predicted octanol–water partition coefficient (Wildman–Crippen LogP) is 2.45. The Kier molecular flexibility index (Phi) is 4.41. The summed E-state index contributed by atoms with van der Waals surface area (Å²) in [6.07, 6.45) is 2.83. The van der Waals surface area contributed by atoms with Gasteiger partial charge >= 0.3 is 11.9 Å². The van der Waals surface area contributed by atoms with Crippen LogP contribution in [0.5, 0.6) is 0 Å². The molecule has 20 heavy (non-hydrogen) atoms. The van der Waals surface area contributed by atoms with Crippen LogP contribution < -0.4 is 0 Å². The molecule has 0 aliphatic heterocycles. The van der Waals surface area contributed by atoms with Gasteiger partial charge in [0.15, 0.2) is 0 Å². The van der Waals surface area contributed by atoms with Crippen molar-refractivity contribution in [3.8, 4) is 0 Å². The number of thioether (sulfide) groups is 1. The Labute approximate surface area is 118 Å². The third-order valence-corrected chi connectivity index (χ3v) is 3.41. The number of carbonyl (C=O) groups excluding carboxylic acids is 1. The summed E-state index contributed by atoms with van der Waals surface area (Å²) in [5, 5.41) is 9.43. The maximum atomic E-state index is 11.5. The third kappa shape index (κ3) is 3.18. The minimum Gasteiger partial charge on any atom is -0.478 e. The van der Waals surface area contributed by atoms with Gasteiger partial charge < -0.3 is 14.3 Å². The van der Waals surface area contributed by atoms with Gasteiger partial charge in [0.2, 0.25) is 0 Å². The number of nitrogens with zero attached hydrogens (tertiary/aromatic N) is 1. The second-order valence-corrected chi connectivity index (χ2v) is 4.72. The summed E-state index contributed by atoms with van der Waals surface area (Å²) < 4.78 is 9.86. The maximum Gasteiger partial charge on any atom is 0.341 e. The Morgan fingerprint density at radius 2 is 2.25 bits per heavy atom. The van der Waals surface area contributed by atoms with Crippen LogP contribution in [0.25, 0.3) is 0 Å². The van der Waals surface area contributed by atoms with Crippen LogP contribution in [0.4, 0.5) is 0 Å². The number of carbonyl (C=O) groups is 2. The van der Waals surface area contributed by atoms with Gasteiger partial charge in [0.05, 0.1) is 29.7 Å². The number of aromatic carboxylic acids is 1. The Morgan fingerprint density at radius 3 is 2.95 bits per heavy atom. The first kappa shape index (κ1) is 14.1. The molecule has 0 aliphatic rings. The van der Waals surface area contributed by atoms with E-state index in [9.17, 15) is 9.59 Å². The van der Waals surface area contributed by atoms with Crippen LogP contribution in [0.1, 0.15) is 26.5 Å². The normalized spacial score (nSPS) is 10.2. The van der Waals surface area contributed by atoms with Crippen molar-refractivity contribution in [1.82, 2.24) is 4.98 Å². The summed E-state index contributed by atoms with van der Waals surface area (Å²) in [6, 6.07) is 4.41. The maximum absolute atomic E-state index is 11.5. The highest BCUT2D eigenvalue weighted by Gasteiger charge is 2.15. The van der Waals surface area contributed by atoms with Crippen LogP contribution in [-0.2, 0) is 10.5 Å². The standard InChI is InChI=1S/C13H11NO5S/c1-18-13(17)9-3-5-19-10(9)7-20-11-6-8(12(15)16)2-4-14-11/h2-6H,7H2,1H3,(H,15,16). The Morgan fingerprint density at radius 1 is 1.45 bits per heavy atom. The van der Waals surface area contributed by atoms with E-state index in [0.717, 1.165) is 0 Å². The van der Waals surface area contributed by atoms with Crippen LogP contribution in [0, 0.1) is 0 Å². The van der Waals surface area contributed by atoms with Gasteiger partial charge in [-0.3, -0.25) is 0 Å². The van der Waals surface area contributed by atoms with E-state index >= 15 is 0 Å². The number of furan rings is 1. The zero-order chi connectivity index (χ0) is 14.5. The number of aromatic nitrogens is 1. The minimum absolute atomic E-state index is 0.162. The van der Waals surface area contributed by atoms with Gasteiger partial charge in [-0.25, -0.2) is 14.6 Å². The van der Waals surface area contributed by atoms with Gasteiger partial charge in [0.1, 0.15) is 11.3 Å². The van der Waals surface area contributed by atoms with Crippen LogP contribution in [0.3, 0.4) is 0 Å². The smallest absolute Gasteiger partial charge is 0.341 e. The number of ether oxygens (including phenoxy) is 1. The van der Waals surface area contributed by atoms with Crippen LogP contribution >= 0.6 is 11.8 Å². The molecule has 7 heteroatoms. The lowest BCUT2D eigenvalue weighted by Gasteiger charge is -2.02. The summed E-state index contributed by atoms with van der Waals surface area (Å²) in [5.74, 6) is -0.665. The van der Waals surface area contributed by atoms with E-state index in [1.165, 1.54) is 49.5 Å². The Bertz CT molecular complexity index is 637. The van der Waals surface area contributed by atoms with Crippen LogP contribution in [0.2, 0.25) is 0 Å². The molecule has 0 amide bonds. The van der Waals surface area contributed by atoms with E-state index in [0.29, 0.717) is 22.1 Å². The molecule has 0 fully saturated rings. The summed E-state index contributed by atoms with van der Waals surface area (Å²) in [6.45, 7) is 0. The minimum atomic E-state index is -1.01. The molecule has 0 aromatic carbocycles. The number of hydrogen-bond donors (Lipinski definition) is 1. The molecule has 0 aliphatic carbocycles. The van der Waals surface area contributed by atoms with Gasteiger partial charge in [0, 0.05) is 6.20 Å². The lowest BCUT2D eigenvalue weighted by Crippen LogP contribution is -2.02. The lowest BCUT2D eigenvalue weighted by atomic mass is 10.3. The second kappa shape index (κ2) is 6.25. The molecule has 1 N–H and O–H groups in total. The van der Waals surface area contributed by atoms with Crippen molar-refractivity contribution in [3.63, 3.8) is 0 Å². The summed E-state index contributed by atoms with van der Waals surface area (Å²) >= 11 is 1.28. The molecule has 2 aromatic rings. The number of pyridine rings is 1. The molecule has 6 nitrogen and oxygen atoms in total. The largest absolute Gasteiger partial charge is 0.478 e. The number of rotatable bonds is 5. The quantitative estimate of drug-likeness (QED) is 0.669. The first-order valence-electron chi connectivity index (χ1n) is 5.58. The number of carboxylic acids is 1. The van der Waals surface area contributed by atoms with Crippen molar-refractivity contribution >= 4 is 23.7 Å². The van der Waals surface area contributed by atoms with Gasteiger partial charge in [0.25, 0.3) is 0 Å². The third-order valence-electron chi connectivity index (χ3n) is 2.48. The average Bonchev–Trinajstić information content (AvgIpc) is 2.93. The molecule has 0 bridgehead atoms. The fourth-order valence-electron chi connectivity index (χ4n) is 1.51. The number of carboxylic acid groups (broad SMARTS) is 1. The molecule has 2 aromatic heterocycles. The van der Waals surface area contributed by atoms with Crippen molar-refractivity contribution in [3.05, 3.63) is 47.5 Å². The second-order valence-electron chi connectivity index (χ2n) is 3.73. The van der Waals surface area contributed by atoms with Gasteiger partial charge in [-0.1, -0.05) is 11.8 Å². The molecule has 2 heterocycles. The van der Waals surface area contributed by atoms with E-state index in [2.05, 4.69) is 9.72 Å². The molecule has 0 radical (unpaired) electrons. The highest BCUT2D eigenvalue weighted by Crippen LogP contribution is 2.24. The van der Waals surface area contributed by atoms with Crippen LogP contribution in [-0.4, -0.2) is 29.1 Å².